The van der Waals surface area contributed by atoms with E-state index in [1.165, 1.54) is 5.56 Å². The van der Waals surface area contributed by atoms with Gasteiger partial charge in [0, 0.05) is 6.54 Å². The molecular weight excluding hydrogens is 268 g/mol. The Morgan fingerprint density at radius 2 is 2.10 bits per heavy atom. The molecule has 0 aromatic heterocycles. The number of aliphatic hydroxyl groups is 2. The number of aliphatic hydroxyl groups excluding tert-OH is 2. The van der Waals surface area contributed by atoms with E-state index >= 15 is 0 Å². The van der Waals surface area contributed by atoms with Crippen LogP contribution in [0.15, 0.2) is 29.3 Å². The van der Waals surface area contributed by atoms with Gasteiger partial charge in [0.2, 0.25) is 5.84 Å². The topological polar surface area (TPSA) is 71.1 Å². The number of hydrogen-bond donors (Lipinski definition) is 3. The van der Waals surface area contributed by atoms with E-state index < -0.39 is 0 Å². The maximum absolute atomic E-state index is 8.96. The first kappa shape index (κ1) is 15.5. The Balaban J connectivity index is 2.01. The van der Waals surface area contributed by atoms with E-state index in [-0.39, 0.29) is 13.2 Å². The molecule has 1 aromatic rings. The molecule has 1 heterocycles. The lowest BCUT2D eigenvalue weighted by Gasteiger charge is -2.17. The van der Waals surface area contributed by atoms with Gasteiger partial charge in [0.15, 0.2) is 0 Å². The lowest BCUT2D eigenvalue weighted by Crippen LogP contribution is -2.33. The van der Waals surface area contributed by atoms with Gasteiger partial charge in [-0.25, -0.2) is 0 Å². The maximum atomic E-state index is 8.96. The fourth-order valence-corrected chi connectivity index (χ4v) is 2.20. The Morgan fingerprint density at radius 3 is 2.76 bits per heavy atom. The SMILES string of the molecule is Cc1cccc(N2CCC(=NC=[N+](CCO)CCO)N2)c1. The zero-order valence-electron chi connectivity index (χ0n) is 12.4. The van der Waals surface area contributed by atoms with Crippen LogP contribution in [0.1, 0.15) is 12.0 Å². The molecule has 0 amide bonds. The molecule has 1 saturated heterocycles. The second kappa shape index (κ2) is 7.75. The molecule has 0 bridgehead atoms. The summed E-state index contributed by atoms with van der Waals surface area (Å²) >= 11 is 0. The van der Waals surface area contributed by atoms with Crippen LogP contribution in [0.4, 0.5) is 5.69 Å². The Hall–Kier alpha value is -1.92. The molecule has 0 saturated carbocycles. The van der Waals surface area contributed by atoms with Crippen molar-refractivity contribution in [3.05, 3.63) is 29.8 Å². The summed E-state index contributed by atoms with van der Waals surface area (Å²) in [5, 5.41) is 20.0. The van der Waals surface area contributed by atoms with Crippen LogP contribution in [0.3, 0.4) is 0 Å². The largest absolute Gasteiger partial charge is 0.392 e. The van der Waals surface area contributed by atoms with Gasteiger partial charge in [-0.15, -0.1) is 0 Å². The predicted octanol–water partition coefficient (Wildman–Crippen LogP) is 0.134. The Kier molecular flexibility index (Phi) is 5.71. The molecule has 0 radical (unpaired) electrons. The lowest BCUT2D eigenvalue weighted by atomic mass is 10.2. The molecular formula is C15H23N4O2+. The predicted molar refractivity (Wildman–Crippen MR) is 83.9 cm³/mol. The summed E-state index contributed by atoms with van der Waals surface area (Å²) in [6, 6.07) is 8.31. The second-order valence-electron chi connectivity index (χ2n) is 5.03. The number of amidine groups is 1. The highest BCUT2D eigenvalue weighted by Crippen LogP contribution is 2.17. The Morgan fingerprint density at radius 1 is 1.33 bits per heavy atom. The normalized spacial score (nSPS) is 16.1. The number of hydrogen-bond acceptors (Lipinski definition) is 3. The number of rotatable bonds is 6. The number of anilines is 1. The Bertz CT molecular complexity index is 520. The summed E-state index contributed by atoms with van der Waals surface area (Å²) in [6.07, 6.45) is 2.52. The monoisotopic (exact) mass is 291 g/mol. The lowest BCUT2D eigenvalue weighted by molar-refractivity contribution is -0.528. The van der Waals surface area contributed by atoms with Crippen molar-refractivity contribution < 1.29 is 14.8 Å². The van der Waals surface area contributed by atoms with Gasteiger partial charge >= 0.3 is 0 Å². The highest BCUT2D eigenvalue weighted by Gasteiger charge is 2.20. The molecule has 114 valence electrons. The van der Waals surface area contributed by atoms with E-state index in [0.29, 0.717) is 13.1 Å². The number of benzene rings is 1. The molecule has 1 aliphatic heterocycles. The van der Waals surface area contributed by atoms with Gasteiger partial charge in [-0.3, -0.25) is 15.0 Å². The van der Waals surface area contributed by atoms with Crippen molar-refractivity contribution in [3.63, 3.8) is 0 Å². The van der Waals surface area contributed by atoms with Gasteiger partial charge in [0.25, 0.3) is 6.34 Å². The average Bonchev–Trinajstić information content (AvgIpc) is 2.94. The first-order chi connectivity index (χ1) is 10.2. The smallest absolute Gasteiger partial charge is 0.283 e. The van der Waals surface area contributed by atoms with E-state index in [0.717, 1.165) is 24.5 Å². The van der Waals surface area contributed by atoms with E-state index in [4.69, 9.17) is 10.2 Å². The number of nitrogens with one attached hydrogen (secondary N) is 1. The highest BCUT2D eigenvalue weighted by molar-refractivity contribution is 5.91. The molecule has 21 heavy (non-hydrogen) atoms. The summed E-state index contributed by atoms with van der Waals surface area (Å²) in [7, 11) is 0. The van der Waals surface area contributed by atoms with E-state index in [1.54, 1.807) is 10.9 Å². The standard InChI is InChI=1S/C15H22N4O2/c1-13-3-2-4-14(11-13)19-6-5-15(17-19)16-12-18(7-9-20)8-10-21/h2-4,11-12,20-21H,5-10H2,1H3/p+1. The third kappa shape index (κ3) is 4.54. The second-order valence-corrected chi connectivity index (χ2v) is 5.03. The van der Waals surface area contributed by atoms with Gasteiger partial charge in [-0.05, 0) is 29.6 Å². The van der Waals surface area contributed by atoms with E-state index in [2.05, 4.69) is 40.5 Å². The van der Waals surface area contributed by atoms with E-state index in [9.17, 15) is 0 Å². The third-order valence-electron chi connectivity index (χ3n) is 3.30. The van der Waals surface area contributed by atoms with Crippen molar-refractivity contribution in [1.29, 1.82) is 0 Å². The minimum absolute atomic E-state index is 0.0458. The molecule has 6 heteroatoms. The van der Waals surface area contributed by atoms with Gasteiger partial charge in [-0.1, -0.05) is 12.1 Å². The van der Waals surface area contributed by atoms with Crippen LogP contribution in [0.25, 0.3) is 0 Å². The van der Waals surface area contributed by atoms with Gasteiger partial charge in [-0.2, -0.15) is 0 Å². The van der Waals surface area contributed by atoms with Gasteiger partial charge in [0.05, 0.1) is 25.3 Å². The van der Waals surface area contributed by atoms with Gasteiger partial charge < -0.3 is 10.2 Å². The molecule has 0 spiro atoms. The minimum Gasteiger partial charge on any atom is -0.392 e. The molecule has 1 aliphatic rings. The van der Waals surface area contributed by atoms with Crippen LogP contribution in [-0.2, 0) is 0 Å². The zero-order valence-corrected chi connectivity index (χ0v) is 12.4. The van der Waals surface area contributed by atoms with Crippen molar-refractivity contribution in [1.82, 2.24) is 5.43 Å². The highest BCUT2D eigenvalue weighted by atomic mass is 16.3. The number of aryl methyl sites for hydroxylation is 1. The van der Waals surface area contributed by atoms with Crippen molar-refractivity contribution in [2.24, 2.45) is 4.99 Å². The third-order valence-corrected chi connectivity index (χ3v) is 3.30. The van der Waals surface area contributed by atoms with E-state index in [1.807, 2.05) is 6.07 Å². The summed E-state index contributed by atoms with van der Waals surface area (Å²) in [4.78, 5) is 4.40. The van der Waals surface area contributed by atoms with Crippen LogP contribution >= 0.6 is 0 Å². The van der Waals surface area contributed by atoms with Crippen molar-refractivity contribution >= 4 is 17.9 Å². The maximum Gasteiger partial charge on any atom is 0.283 e. The summed E-state index contributed by atoms with van der Waals surface area (Å²) in [6.45, 7) is 3.98. The number of aliphatic imine (C=N–C) groups is 1. The van der Waals surface area contributed by atoms with Crippen LogP contribution in [-0.4, -0.2) is 59.8 Å². The zero-order chi connectivity index (χ0) is 15.1. The number of hydrazine groups is 1. The molecule has 3 N–H and O–H groups in total. The van der Waals surface area contributed by atoms with Crippen molar-refractivity contribution in [3.8, 4) is 0 Å². The molecule has 0 atom stereocenters. The fourth-order valence-electron chi connectivity index (χ4n) is 2.20. The molecule has 0 aliphatic carbocycles. The van der Waals surface area contributed by atoms with Gasteiger partial charge in [0.1, 0.15) is 13.1 Å². The van der Waals surface area contributed by atoms with Crippen LogP contribution in [0.2, 0.25) is 0 Å². The molecule has 1 fully saturated rings. The fraction of sp³-hybridized carbons (Fsp3) is 0.467. The molecule has 1 aromatic carbocycles. The van der Waals surface area contributed by atoms with Crippen LogP contribution < -0.4 is 10.4 Å². The first-order valence-electron chi connectivity index (χ1n) is 7.19. The van der Waals surface area contributed by atoms with Crippen molar-refractivity contribution in [2.45, 2.75) is 13.3 Å². The average molecular weight is 291 g/mol. The quantitative estimate of drug-likeness (QED) is 0.396. The summed E-state index contributed by atoms with van der Waals surface area (Å²) < 4.78 is 1.80. The minimum atomic E-state index is 0.0458. The summed E-state index contributed by atoms with van der Waals surface area (Å²) in [5.41, 5.74) is 5.63. The summed E-state index contributed by atoms with van der Waals surface area (Å²) in [5.74, 6) is 0.886. The first-order valence-corrected chi connectivity index (χ1v) is 7.19. The molecule has 6 nitrogen and oxygen atoms in total. The Labute approximate surface area is 125 Å². The van der Waals surface area contributed by atoms with Crippen LogP contribution in [0.5, 0.6) is 0 Å². The molecule has 2 rings (SSSR count). The van der Waals surface area contributed by atoms with Crippen molar-refractivity contribution in [2.75, 3.05) is 37.9 Å². The number of nitrogens with zero attached hydrogens (tertiary/aromatic N) is 3. The van der Waals surface area contributed by atoms with Crippen LogP contribution in [0, 0.1) is 6.92 Å². The molecule has 0 unspecified atom stereocenters.